The fourth-order valence-corrected chi connectivity index (χ4v) is 3.69. The summed E-state index contributed by atoms with van der Waals surface area (Å²) in [5.41, 5.74) is 3.16. The van der Waals surface area contributed by atoms with Crippen molar-refractivity contribution in [1.29, 1.82) is 0 Å². The Kier molecular flexibility index (Phi) is 3.91. The Morgan fingerprint density at radius 1 is 1.36 bits per heavy atom. The molecule has 2 amide bonds. The fourth-order valence-electron chi connectivity index (χ4n) is 3.69. The van der Waals surface area contributed by atoms with Crippen LogP contribution in [0.25, 0.3) is 0 Å². The summed E-state index contributed by atoms with van der Waals surface area (Å²) in [4.78, 5) is 27.5. The minimum Gasteiger partial charge on any atom is -0.453 e. The van der Waals surface area contributed by atoms with E-state index in [0.29, 0.717) is 12.5 Å². The number of ether oxygens (including phenoxy) is 3. The number of amides is 2. The van der Waals surface area contributed by atoms with Crippen LogP contribution in [0, 0.1) is 0 Å². The number of alkyl carbamates (subject to hydrolysis) is 1. The third kappa shape index (κ3) is 2.66. The molecule has 0 aliphatic carbocycles. The van der Waals surface area contributed by atoms with Gasteiger partial charge in [-0.15, -0.1) is 0 Å². The van der Waals surface area contributed by atoms with Crippen LogP contribution in [0.2, 0.25) is 0 Å². The minimum atomic E-state index is -0.530. The first-order valence-electron chi connectivity index (χ1n) is 8.33. The molecule has 2 saturated heterocycles. The molecule has 3 heterocycles. The average Bonchev–Trinajstić information content (AvgIpc) is 3.09. The average molecular weight is 347 g/mol. The van der Waals surface area contributed by atoms with Crippen LogP contribution in [-0.4, -0.2) is 64.3 Å². The van der Waals surface area contributed by atoms with E-state index in [9.17, 15) is 9.59 Å². The Labute approximate surface area is 145 Å². The van der Waals surface area contributed by atoms with Crippen LogP contribution in [0.1, 0.15) is 5.56 Å². The molecule has 3 aliphatic heterocycles. The summed E-state index contributed by atoms with van der Waals surface area (Å²) >= 11 is 0. The van der Waals surface area contributed by atoms with E-state index in [2.05, 4.69) is 21.0 Å². The van der Waals surface area contributed by atoms with Gasteiger partial charge in [-0.25, -0.2) is 9.59 Å². The molecule has 134 valence electrons. The van der Waals surface area contributed by atoms with Gasteiger partial charge in [-0.05, 0) is 30.2 Å². The first kappa shape index (κ1) is 16.0. The molecule has 25 heavy (non-hydrogen) atoms. The van der Waals surface area contributed by atoms with E-state index in [-0.39, 0.29) is 24.8 Å². The Morgan fingerprint density at radius 3 is 2.88 bits per heavy atom. The number of hydrogen-bond donors (Lipinski definition) is 1. The molecule has 0 spiro atoms. The third-order valence-electron chi connectivity index (χ3n) is 5.14. The number of methoxy groups -OCH3 is 2. The number of carbonyl (C=O) groups is 2. The van der Waals surface area contributed by atoms with Gasteiger partial charge in [0.1, 0.15) is 6.10 Å². The van der Waals surface area contributed by atoms with Crippen molar-refractivity contribution in [2.75, 3.05) is 43.7 Å². The van der Waals surface area contributed by atoms with E-state index in [1.807, 2.05) is 12.1 Å². The number of hydrogen-bond acceptors (Lipinski definition) is 6. The van der Waals surface area contributed by atoms with Crippen molar-refractivity contribution in [3.8, 4) is 0 Å². The topological polar surface area (TPSA) is 80.3 Å². The van der Waals surface area contributed by atoms with Crippen molar-refractivity contribution >= 4 is 23.6 Å². The number of fused-ring (bicyclic) bond motifs is 3. The molecule has 3 aliphatic rings. The van der Waals surface area contributed by atoms with Gasteiger partial charge in [0, 0.05) is 25.9 Å². The van der Waals surface area contributed by atoms with E-state index in [4.69, 9.17) is 9.47 Å². The van der Waals surface area contributed by atoms with E-state index in [0.717, 1.165) is 30.0 Å². The molecule has 8 heteroatoms. The first-order chi connectivity index (χ1) is 12.1. The molecule has 2 fully saturated rings. The summed E-state index contributed by atoms with van der Waals surface area (Å²) in [6.45, 7) is 2.01. The normalized spacial score (nSPS) is 24.5. The molecule has 0 bridgehead atoms. The highest BCUT2D eigenvalue weighted by atomic mass is 16.6. The molecule has 1 aromatic rings. The van der Waals surface area contributed by atoms with Crippen molar-refractivity contribution in [1.82, 2.24) is 5.32 Å². The highest BCUT2D eigenvalue weighted by Gasteiger charge is 2.47. The maximum absolute atomic E-state index is 12.2. The zero-order valence-corrected chi connectivity index (χ0v) is 14.2. The number of rotatable bonds is 4. The lowest BCUT2D eigenvalue weighted by atomic mass is 10.0. The molecule has 0 aromatic heterocycles. The van der Waals surface area contributed by atoms with Crippen molar-refractivity contribution in [2.24, 2.45) is 0 Å². The van der Waals surface area contributed by atoms with Gasteiger partial charge < -0.3 is 24.4 Å². The first-order valence-corrected chi connectivity index (χ1v) is 8.33. The highest BCUT2D eigenvalue weighted by molar-refractivity contribution is 5.94. The number of anilines is 2. The summed E-state index contributed by atoms with van der Waals surface area (Å²) < 4.78 is 15.3. The maximum atomic E-state index is 12.2. The molecule has 2 atom stereocenters. The molecular weight excluding hydrogens is 326 g/mol. The van der Waals surface area contributed by atoms with Crippen LogP contribution in [0.15, 0.2) is 18.2 Å². The zero-order valence-electron chi connectivity index (χ0n) is 14.2. The monoisotopic (exact) mass is 347 g/mol. The molecule has 1 N–H and O–H groups in total. The lowest BCUT2D eigenvalue weighted by Gasteiger charge is -2.40. The van der Waals surface area contributed by atoms with Gasteiger partial charge in [0.05, 0.1) is 31.5 Å². The van der Waals surface area contributed by atoms with Crippen LogP contribution in [0.4, 0.5) is 21.0 Å². The number of nitrogens with zero attached hydrogens (tertiary/aromatic N) is 2. The van der Waals surface area contributed by atoms with Gasteiger partial charge in [-0.3, -0.25) is 4.90 Å². The van der Waals surface area contributed by atoms with Gasteiger partial charge in [0.25, 0.3) is 0 Å². The van der Waals surface area contributed by atoms with Gasteiger partial charge in [0.15, 0.2) is 0 Å². The lowest BCUT2D eigenvalue weighted by Crippen LogP contribution is -2.51. The smallest absolute Gasteiger partial charge is 0.415 e. The van der Waals surface area contributed by atoms with E-state index in [1.165, 1.54) is 7.11 Å². The summed E-state index contributed by atoms with van der Waals surface area (Å²) in [5.74, 6) is 0. The second-order valence-corrected chi connectivity index (χ2v) is 6.51. The predicted molar refractivity (Wildman–Crippen MR) is 90.1 cm³/mol. The standard InChI is InChI=1S/C17H21N3O5/c1-23-12-8-19(9-12)11-3-4-13-10(5-11)6-14-15(7-18-16(21)24-2)25-17(22)20(13)14/h3-5,12,14-15H,6-9H2,1-2H3,(H,18,21)/t14-,15-/m0/s1. The molecule has 4 rings (SSSR count). The summed E-state index contributed by atoms with van der Waals surface area (Å²) in [6, 6.07) is 6.04. The van der Waals surface area contributed by atoms with Crippen LogP contribution in [0.5, 0.6) is 0 Å². The Bertz CT molecular complexity index is 704. The van der Waals surface area contributed by atoms with Crippen molar-refractivity contribution in [2.45, 2.75) is 24.7 Å². The van der Waals surface area contributed by atoms with Crippen molar-refractivity contribution < 1.29 is 23.8 Å². The molecule has 1 aromatic carbocycles. The van der Waals surface area contributed by atoms with E-state index < -0.39 is 6.09 Å². The fraction of sp³-hybridized carbons (Fsp3) is 0.529. The predicted octanol–water partition coefficient (Wildman–Crippen LogP) is 1.13. The third-order valence-corrected chi connectivity index (χ3v) is 5.14. The Morgan fingerprint density at radius 2 is 2.16 bits per heavy atom. The van der Waals surface area contributed by atoms with Gasteiger partial charge >= 0.3 is 12.2 Å². The Balaban J connectivity index is 1.48. The van der Waals surface area contributed by atoms with Crippen molar-refractivity contribution in [3.63, 3.8) is 0 Å². The largest absolute Gasteiger partial charge is 0.453 e. The van der Waals surface area contributed by atoms with E-state index in [1.54, 1.807) is 12.0 Å². The highest BCUT2D eigenvalue weighted by Crippen LogP contribution is 2.40. The second-order valence-electron chi connectivity index (χ2n) is 6.51. The van der Waals surface area contributed by atoms with Crippen LogP contribution < -0.4 is 15.1 Å². The number of carbonyl (C=O) groups excluding carboxylic acids is 2. The maximum Gasteiger partial charge on any atom is 0.415 e. The van der Waals surface area contributed by atoms with Crippen LogP contribution in [-0.2, 0) is 20.6 Å². The van der Waals surface area contributed by atoms with Gasteiger partial charge in [-0.1, -0.05) is 0 Å². The number of cyclic esters (lactones) is 1. The summed E-state index contributed by atoms with van der Waals surface area (Å²) in [7, 11) is 3.03. The molecular formula is C17H21N3O5. The minimum absolute atomic E-state index is 0.0991. The molecule has 8 nitrogen and oxygen atoms in total. The quantitative estimate of drug-likeness (QED) is 0.879. The Hall–Kier alpha value is -2.48. The zero-order chi connectivity index (χ0) is 17.6. The number of benzene rings is 1. The molecule has 0 radical (unpaired) electrons. The van der Waals surface area contributed by atoms with Crippen LogP contribution >= 0.6 is 0 Å². The van der Waals surface area contributed by atoms with E-state index >= 15 is 0 Å². The van der Waals surface area contributed by atoms with Crippen molar-refractivity contribution in [3.05, 3.63) is 23.8 Å². The van der Waals surface area contributed by atoms with Gasteiger partial charge in [0.2, 0.25) is 0 Å². The molecule has 0 saturated carbocycles. The lowest BCUT2D eigenvalue weighted by molar-refractivity contribution is 0.0787. The van der Waals surface area contributed by atoms with Crippen LogP contribution in [0.3, 0.4) is 0 Å². The summed E-state index contributed by atoms with van der Waals surface area (Å²) in [5, 5.41) is 2.61. The second kappa shape index (κ2) is 6.11. The molecule has 0 unspecified atom stereocenters. The number of nitrogens with one attached hydrogen (secondary N) is 1. The SMILES string of the molecule is COC(=O)NC[C@@H]1OC(=O)N2c3ccc(N4CC(OC)C4)cc3C[C@@H]12. The summed E-state index contributed by atoms with van der Waals surface area (Å²) in [6.07, 6.45) is -0.275. The van der Waals surface area contributed by atoms with Gasteiger partial charge in [-0.2, -0.15) is 0 Å².